The summed E-state index contributed by atoms with van der Waals surface area (Å²) in [6, 6.07) is 4.95. The normalized spacial score (nSPS) is 9.50. The van der Waals surface area contributed by atoms with Crippen LogP contribution >= 0.6 is 0 Å². The van der Waals surface area contributed by atoms with Crippen LogP contribution in [-0.2, 0) is 0 Å². The minimum Gasteiger partial charge on any atom is -0.382 e. The smallest absolute Gasteiger partial charge is 0.126 e. The third kappa shape index (κ3) is 2.09. The zero-order chi connectivity index (χ0) is 8.97. The van der Waals surface area contributed by atoms with Crippen molar-refractivity contribution in [1.82, 2.24) is 0 Å². The monoisotopic (exact) mass is 165 g/mol. The Morgan fingerprint density at radius 1 is 1.58 bits per heavy atom. The van der Waals surface area contributed by atoms with E-state index in [9.17, 15) is 4.39 Å². The molecule has 64 valence electrons. The number of nitrogens with one attached hydrogen (secondary N) is 1. The molecule has 0 aromatic heterocycles. The summed E-state index contributed by atoms with van der Waals surface area (Å²) in [6.45, 7) is 6.02. The molecule has 0 saturated carbocycles. The Bertz CT molecular complexity index is 281. The molecule has 0 radical (unpaired) electrons. The van der Waals surface area contributed by atoms with Gasteiger partial charge in [-0.1, -0.05) is 6.08 Å². The van der Waals surface area contributed by atoms with Gasteiger partial charge in [0.1, 0.15) is 5.82 Å². The highest BCUT2D eigenvalue weighted by Gasteiger charge is 1.96. The quantitative estimate of drug-likeness (QED) is 0.679. The van der Waals surface area contributed by atoms with E-state index < -0.39 is 0 Å². The lowest BCUT2D eigenvalue weighted by molar-refractivity contribution is 0.619. The molecule has 1 N–H and O–H groups in total. The van der Waals surface area contributed by atoms with Crippen LogP contribution in [0.2, 0.25) is 0 Å². The molecule has 0 atom stereocenters. The maximum Gasteiger partial charge on any atom is 0.126 e. The number of rotatable bonds is 3. The van der Waals surface area contributed by atoms with Crippen LogP contribution in [0.15, 0.2) is 30.9 Å². The fourth-order valence-corrected chi connectivity index (χ4v) is 0.945. The third-order valence-corrected chi connectivity index (χ3v) is 1.61. The van der Waals surface area contributed by atoms with Crippen molar-refractivity contribution in [3.05, 3.63) is 42.2 Å². The molecular formula is C10H12FN. The molecule has 0 spiro atoms. The number of aryl methyl sites for hydroxylation is 1. The van der Waals surface area contributed by atoms with Crippen LogP contribution < -0.4 is 5.32 Å². The van der Waals surface area contributed by atoms with Gasteiger partial charge in [0.15, 0.2) is 0 Å². The van der Waals surface area contributed by atoms with Gasteiger partial charge in [-0.05, 0) is 30.7 Å². The Labute approximate surface area is 71.9 Å². The van der Waals surface area contributed by atoms with Crippen molar-refractivity contribution < 1.29 is 4.39 Å². The zero-order valence-electron chi connectivity index (χ0n) is 7.10. The van der Waals surface area contributed by atoms with Crippen molar-refractivity contribution in [2.45, 2.75) is 6.92 Å². The van der Waals surface area contributed by atoms with Gasteiger partial charge in [0, 0.05) is 12.2 Å². The average molecular weight is 165 g/mol. The van der Waals surface area contributed by atoms with Gasteiger partial charge in [-0.3, -0.25) is 0 Å². The van der Waals surface area contributed by atoms with Gasteiger partial charge in [-0.2, -0.15) is 0 Å². The van der Waals surface area contributed by atoms with Crippen molar-refractivity contribution in [2.75, 3.05) is 11.9 Å². The van der Waals surface area contributed by atoms with Crippen LogP contribution in [0.4, 0.5) is 10.1 Å². The van der Waals surface area contributed by atoms with Crippen molar-refractivity contribution in [1.29, 1.82) is 0 Å². The lowest BCUT2D eigenvalue weighted by atomic mass is 10.2. The number of halogens is 1. The standard InChI is InChI=1S/C10H12FN/c1-3-6-12-9-4-5-10(11)8(2)7-9/h3-5,7,12H,1,6H2,2H3. The molecule has 0 fully saturated rings. The van der Waals surface area contributed by atoms with E-state index in [0.717, 1.165) is 5.69 Å². The summed E-state index contributed by atoms with van der Waals surface area (Å²) in [5.74, 6) is -0.167. The van der Waals surface area contributed by atoms with Crippen LogP contribution in [0.1, 0.15) is 5.56 Å². The van der Waals surface area contributed by atoms with Gasteiger partial charge in [-0.15, -0.1) is 6.58 Å². The van der Waals surface area contributed by atoms with E-state index in [2.05, 4.69) is 11.9 Å². The van der Waals surface area contributed by atoms with Crippen LogP contribution in [0.3, 0.4) is 0 Å². The Morgan fingerprint density at radius 3 is 2.92 bits per heavy atom. The second kappa shape index (κ2) is 3.90. The third-order valence-electron chi connectivity index (χ3n) is 1.61. The van der Waals surface area contributed by atoms with Crippen molar-refractivity contribution in [3.8, 4) is 0 Å². The summed E-state index contributed by atoms with van der Waals surface area (Å²) < 4.78 is 12.8. The Balaban J connectivity index is 2.75. The first-order chi connectivity index (χ1) is 5.74. The molecule has 0 amide bonds. The first kappa shape index (κ1) is 8.78. The molecular weight excluding hydrogens is 153 g/mol. The average Bonchev–Trinajstić information content (AvgIpc) is 2.07. The number of benzene rings is 1. The largest absolute Gasteiger partial charge is 0.382 e. The van der Waals surface area contributed by atoms with E-state index in [0.29, 0.717) is 12.1 Å². The van der Waals surface area contributed by atoms with Gasteiger partial charge < -0.3 is 5.32 Å². The van der Waals surface area contributed by atoms with Crippen molar-refractivity contribution >= 4 is 5.69 Å². The molecule has 0 bridgehead atoms. The molecule has 0 aliphatic heterocycles. The van der Waals surface area contributed by atoms with E-state index in [1.54, 1.807) is 25.1 Å². The summed E-state index contributed by atoms with van der Waals surface area (Å²) in [4.78, 5) is 0. The molecule has 0 heterocycles. The van der Waals surface area contributed by atoms with E-state index in [1.807, 2.05) is 0 Å². The van der Waals surface area contributed by atoms with E-state index in [4.69, 9.17) is 0 Å². The molecule has 0 unspecified atom stereocenters. The Kier molecular flexibility index (Phi) is 2.86. The predicted octanol–water partition coefficient (Wildman–Crippen LogP) is 2.73. The van der Waals surface area contributed by atoms with Gasteiger partial charge >= 0.3 is 0 Å². The minimum absolute atomic E-state index is 0.167. The fraction of sp³-hybridized carbons (Fsp3) is 0.200. The topological polar surface area (TPSA) is 12.0 Å². The van der Waals surface area contributed by atoms with Crippen LogP contribution in [-0.4, -0.2) is 6.54 Å². The minimum atomic E-state index is -0.167. The predicted molar refractivity (Wildman–Crippen MR) is 49.8 cm³/mol. The SMILES string of the molecule is C=CCNc1ccc(F)c(C)c1. The highest BCUT2D eigenvalue weighted by Crippen LogP contribution is 2.12. The van der Waals surface area contributed by atoms with Crippen LogP contribution in [0.25, 0.3) is 0 Å². The molecule has 2 heteroatoms. The van der Waals surface area contributed by atoms with Crippen molar-refractivity contribution in [2.24, 2.45) is 0 Å². The van der Waals surface area contributed by atoms with Crippen LogP contribution in [0.5, 0.6) is 0 Å². The Hall–Kier alpha value is -1.31. The van der Waals surface area contributed by atoms with Gasteiger partial charge in [0.2, 0.25) is 0 Å². The maximum atomic E-state index is 12.8. The molecule has 1 rings (SSSR count). The van der Waals surface area contributed by atoms with Gasteiger partial charge in [0.05, 0.1) is 0 Å². The maximum absolute atomic E-state index is 12.8. The Morgan fingerprint density at radius 2 is 2.33 bits per heavy atom. The van der Waals surface area contributed by atoms with Gasteiger partial charge in [-0.25, -0.2) is 4.39 Å². The number of anilines is 1. The van der Waals surface area contributed by atoms with E-state index >= 15 is 0 Å². The second-order valence-electron chi connectivity index (χ2n) is 2.63. The lowest BCUT2D eigenvalue weighted by Gasteiger charge is -2.04. The molecule has 1 aromatic rings. The highest BCUT2D eigenvalue weighted by molar-refractivity contribution is 5.46. The van der Waals surface area contributed by atoms with Gasteiger partial charge in [0.25, 0.3) is 0 Å². The van der Waals surface area contributed by atoms with E-state index in [1.165, 1.54) is 6.07 Å². The summed E-state index contributed by atoms with van der Waals surface area (Å²) in [5, 5.41) is 3.08. The lowest BCUT2D eigenvalue weighted by Crippen LogP contribution is -1.98. The molecule has 1 aromatic carbocycles. The molecule has 12 heavy (non-hydrogen) atoms. The molecule has 1 nitrogen and oxygen atoms in total. The fourth-order valence-electron chi connectivity index (χ4n) is 0.945. The number of hydrogen-bond acceptors (Lipinski definition) is 1. The zero-order valence-corrected chi connectivity index (χ0v) is 7.10. The first-order valence-corrected chi connectivity index (χ1v) is 3.85. The van der Waals surface area contributed by atoms with Crippen molar-refractivity contribution in [3.63, 3.8) is 0 Å². The summed E-state index contributed by atoms with van der Waals surface area (Å²) >= 11 is 0. The number of hydrogen-bond donors (Lipinski definition) is 1. The molecule has 0 aliphatic rings. The van der Waals surface area contributed by atoms with E-state index in [-0.39, 0.29) is 5.82 Å². The summed E-state index contributed by atoms with van der Waals surface area (Å²) in [7, 11) is 0. The highest BCUT2D eigenvalue weighted by atomic mass is 19.1. The molecule has 0 aliphatic carbocycles. The summed E-state index contributed by atoms with van der Waals surface area (Å²) in [6.07, 6.45) is 1.76. The summed E-state index contributed by atoms with van der Waals surface area (Å²) in [5.41, 5.74) is 1.58. The molecule has 0 saturated heterocycles. The first-order valence-electron chi connectivity index (χ1n) is 3.85. The second-order valence-corrected chi connectivity index (χ2v) is 2.63. The van der Waals surface area contributed by atoms with Crippen LogP contribution in [0, 0.1) is 12.7 Å².